The first-order chi connectivity index (χ1) is 13.3. The second-order valence-corrected chi connectivity index (χ2v) is 5.95. The molecule has 2 aromatic rings. The van der Waals surface area contributed by atoms with E-state index in [4.69, 9.17) is 0 Å². The summed E-state index contributed by atoms with van der Waals surface area (Å²) in [6, 6.07) is 3.08. The van der Waals surface area contributed by atoms with Crippen molar-refractivity contribution in [2.75, 3.05) is 6.61 Å². The van der Waals surface area contributed by atoms with Crippen LogP contribution in [0.4, 0.5) is 11.4 Å². The summed E-state index contributed by atoms with van der Waals surface area (Å²) in [5.41, 5.74) is -0.157. The lowest BCUT2D eigenvalue weighted by atomic mass is 10.0. The second kappa shape index (κ2) is 9.01. The van der Waals surface area contributed by atoms with Crippen LogP contribution in [0.5, 0.6) is 0 Å². The zero-order chi connectivity index (χ0) is 20.8. The van der Waals surface area contributed by atoms with Gasteiger partial charge in [0.05, 0.1) is 22.5 Å². The Morgan fingerprint density at radius 3 is 2.29 bits per heavy atom. The van der Waals surface area contributed by atoms with E-state index in [9.17, 15) is 35.2 Å². The fourth-order valence-electron chi connectivity index (χ4n) is 2.61. The molecule has 3 N–H and O–H groups in total. The van der Waals surface area contributed by atoms with Crippen molar-refractivity contribution in [3.8, 4) is 0 Å². The van der Waals surface area contributed by atoms with Crippen LogP contribution < -0.4 is 5.32 Å². The van der Waals surface area contributed by atoms with E-state index in [0.29, 0.717) is 0 Å². The monoisotopic (exact) mass is 393 g/mol. The van der Waals surface area contributed by atoms with Crippen molar-refractivity contribution >= 4 is 17.3 Å². The number of hydrogen-bond acceptors (Lipinski definition) is 8. The van der Waals surface area contributed by atoms with Gasteiger partial charge >= 0.3 is 5.69 Å². The highest BCUT2D eigenvalue weighted by Crippen LogP contribution is 2.22. The Hall–Kier alpha value is -3.38. The number of nitro benzene ring substituents is 1. The summed E-state index contributed by atoms with van der Waals surface area (Å²) in [5, 5.41) is 47.7. The molecule has 3 atom stereocenters. The minimum Gasteiger partial charge on any atom is -0.394 e. The molecule has 0 aliphatic heterocycles. The van der Waals surface area contributed by atoms with E-state index >= 15 is 0 Å². The summed E-state index contributed by atoms with van der Waals surface area (Å²) < 4.78 is 1.14. The SMILES string of the molecule is CCC(C(=O)NC(CO)C(O)c1ccc([N+](=O)[O-])cc1)n1cc([N+](=O)[O-])cn1. The molecule has 1 heterocycles. The second-order valence-electron chi connectivity index (χ2n) is 5.95. The molecule has 1 aromatic heterocycles. The summed E-state index contributed by atoms with van der Waals surface area (Å²) in [6.45, 7) is 1.08. The fourth-order valence-corrected chi connectivity index (χ4v) is 2.61. The van der Waals surface area contributed by atoms with E-state index in [0.717, 1.165) is 17.1 Å². The molecule has 0 saturated heterocycles. The van der Waals surface area contributed by atoms with Gasteiger partial charge in [-0.15, -0.1) is 0 Å². The summed E-state index contributed by atoms with van der Waals surface area (Å²) in [5.74, 6) is -0.597. The number of aliphatic hydroxyl groups is 2. The largest absolute Gasteiger partial charge is 0.394 e. The van der Waals surface area contributed by atoms with Gasteiger partial charge in [-0.3, -0.25) is 29.7 Å². The van der Waals surface area contributed by atoms with Crippen molar-refractivity contribution in [2.45, 2.75) is 31.5 Å². The molecular weight excluding hydrogens is 374 g/mol. The Balaban J connectivity index is 2.13. The molecule has 0 spiro atoms. The number of carbonyl (C=O) groups excluding carboxylic acids is 1. The number of amides is 1. The maximum atomic E-state index is 12.5. The minimum absolute atomic E-state index is 0.160. The first-order valence-electron chi connectivity index (χ1n) is 8.30. The number of aliphatic hydroxyl groups excluding tert-OH is 2. The third kappa shape index (κ3) is 4.66. The number of nitrogens with one attached hydrogen (secondary N) is 1. The molecule has 0 aliphatic carbocycles. The average Bonchev–Trinajstić information content (AvgIpc) is 3.16. The van der Waals surface area contributed by atoms with E-state index in [1.807, 2.05) is 0 Å². The molecule has 0 bridgehead atoms. The quantitative estimate of drug-likeness (QED) is 0.415. The van der Waals surface area contributed by atoms with E-state index in [1.165, 1.54) is 24.3 Å². The Morgan fingerprint density at radius 2 is 1.82 bits per heavy atom. The molecule has 1 aromatic carbocycles. The van der Waals surface area contributed by atoms with Crippen LogP contribution in [-0.2, 0) is 4.79 Å². The Labute approximate surface area is 158 Å². The highest BCUT2D eigenvalue weighted by atomic mass is 16.6. The number of benzene rings is 1. The first-order valence-corrected chi connectivity index (χ1v) is 8.30. The summed E-state index contributed by atoms with van der Waals surface area (Å²) >= 11 is 0. The predicted octanol–water partition coefficient (Wildman–Crippen LogP) is 0.861. The predicted molar refractivity (Wildman–Crippen MR) is 95.3 cm³/mol. The summed E-state index contributed by atoms with van der Waals surface area (Å²) in [4.78, 5) is 32.8. The Kier molecular flexibility index (Phi) is 6.74. The van der Waals surface area contributed by atoms with Crippen LogP contribution in [0.1, 0.15) is 31.1 Å². The van der Waals surface area contributed by atoms with Gasteiger partial charge in [0.1, 0.15) is 24.5 Å². The topological polar surface area (TPSA) is 174 Å². The van der Waals surface area contributed by atoms with Gasteiger partial charge in [-0.05, 0) is 24.1 Å². The average molecular weight is 393 g/mol. The Bertz CT molecular complexity index is 851. The number of carbonyl (C=O) groups is 1. The third-order valence-corrected chi connectivity index (χ3v) is 4.16. The normalized spacial score (nSPS) is 14.1. The molecule has 3 unspecified atom stereocenters. The molecular formula is C16H19N5O7. The van der Waals surface area contributed by atoms with Crippen LogP contribution in [0.15, 0.2) is 36.7 Å². The molecule has 150 valence electrons. The molecule has 0 aliphatic rings. The number of nitro groups is 2. The Morgan fingerprint density at radius 1 is 1.21 bits per heavy atom. The summed E-state index contributed by atoms with van der Waals surface area (Å²) in [7, 11) is 0. The van der Waals surface area contributed by atoms with Crippen molar-refractivity contribution in [3.05, 3.63) is 62.5 Å². The van der Waals surface area contributed by atoms with Crippen LogP contribution in [0.25, 0.3) is 0 Å². The van der Waals surface area contributed by atoms with Crippen LogP contribution >= 0.6 is 0 Å². The first kappa shape index (κ1) is 20.9. The maximum Gasteiger partial charge on any atom is 0.307 e. The molecule has 0 fully saturated rings. The summed E-state index contributed by atoms with van der Waals surface area (Å²) in [6.07, 6.45) is 1.08. The number of hydrogen-bond donors (Lipinski definition) is 3. The van der Waals surface area contributed by atoms with Gasteiger partial charge in [-0.2, -0.15) is 5.10 Å². The van der Waals surface area contributed by atoms with Gasteiger partial charge in [-0.1, -0.05) is 6.92 Å². The maximum absolute atomic E-state index is 12.5. The van der Waals surface area contributed by atoms with Crippen LogP contribution in [0.2, 0.25) is 0 Å². The smallest absolute Gasteiger partial charge is 0.307 e. The van der Waals surface area contributed by atoms with E-state index in [2.05, 4.69) is 10.4 Å². The lowest BCUT2D eigenvalue weighted by Crippen LogP contribution is -2.45. The zero-order valence-electron chi connectivity index (χ0n) is 14.8. The van der Waals surface area contributed by atoms with Gasteiger partial charge in [0.25, 0.3) is 5.69 Å². The lowest BCUT2D eigenvalue weighted by Gasteiger charge is -2.25. The molecule has 12 heteroatoms. The van der Waals surface area contributed by atoms with Crippen molar-refractivity contribution in [1.29, 1.82) is 0 Å². The van der Waals surface area contributed by atoms with Gasteiger partial charge in [0.15, 0.2) is 0 Å². The number of nitrogens with zero attached hydrogens (tertiary/aromatic N) is 4. The third-order valence-electron chi connectivity index (χ3n) is 4.16. The molecule has 1 amide bonds. The van der Waals surface area contributed by atoms with E-state index in [1.54, 1.807) is 6.92 Å². The van der Waals surface area contributed by atoms with Crippen LogP contribution in [-0.4, -0.2) is 48.4 Å². The van der Waals surface area contributed by atoms with Crippen molar-refractivity contribution < 1.29 is 24.9 Å². The lowest BCUT2D eigenvalue weighted by molar-refractivity contribution is -0.385. The molecule has 0 saturated carbocycles. The van der Waals surface area contributed by atoms with Crippen molar-refractivity contribution in [3.63, 3.8) is 0 Å². The molecule has 12 nitrogen and oxygen atoms in total. The van der Waals surface area contributed by atoms with Crippen LogP contribution in [0.3, 0.4) is 0 Å². The van der Waals surface area contributed by atoms with E-state index in [-0.39, 0.29) is 23.4 Å². The highest BCUT2D eigenvalue weighted by Gasteiger charge is 2.28. The van der Waals surface area contributed by atoms with Crippen LogP contribution in [0, 0.1) is 20.2 Å². The van der Waals surface area contributed by atoms with Gasteiger partial charge in [0.2, 0.25) is 5.91 Å². The van der Waals surface area contributed by atoms with Gasteiger partial charge < -0.3 is 15.5 Å². The molecule has 0 radical (unpaired) electrons. The van der Waals surface area contributed by atoms with Gasteiger partial charge in [0, 0.05) is 12.1 Å². The molecule has 28 heavy (non-hydrogen) atoms. The van der Waals surface area contributed by atoms with Crippen molar-refractivity contribution in [2.24, 2.45) is 0 Å². The number of non-ortho nitro benzene ring substituents is 1. The zero-order valence-corrected chi connectivity index (χ0v) is 14.8. The van der Waals surface area contributed by atoms with Crippen molar-refractivity contribution in [1.82, 2.24) is 15.1 Å². The minimum atomic E-state index is -1.32. The number of rotatable bonds is 9. The standard InChI is InChI=1S/C16H19N5O7/c1-2-14(19-8-12(7-17-19)21(27)28)16(24)18-13(9-22)15(23)10-3-5-11(6-4-10)20(25)26/h3-8,13-15,22-23H,2,9H2,1H3,(H,18,24). The molecule has 2 rings (SSSR count). The van der Waals surface area contributed by atoms with E-state index < -0.39 is 40.5 Å². The highest BCUT2D eigenvalue weighted by molar-refractivity contribution is 5.80. The fraction of sp³-hybridized carbons (Fsp3) is 0.375. The van der Waals surface area contributed by atoms with Gasteiger partial charge in [-0.25, -0.2) is 0 Å². The number of aromatic nitrogens is 2.